The molecule has 5 aromatic rings. The molecule has 0 amide bonds. The number of hydrogen-bond donors (Lipinski definition) is 0. The summed E-state index contributed by atoms with van der Waals surface area (Å²) in [7, 11) is 0. The van der Waals surface area contributed by atoms with Crippen LogP contribution in [0.1, 0.15) is 33.4 Å². The van der Waals surface area contributed by atoms with Crippen LogP contribution in [0.25, 0.3) is 21.9 Å². The number of hydrogen-bond acceptors (Lipinski definition) is 6. The van der Waals surface area contributed by atoms with Crippen molar-refractivity contribution < 1.29 is 18.3 Å². The predicted octanol–water partition coefficient (Wildman–Crippen LogP) is 6.29. The molecule has 0 aliphatic carbocycles. The second-order valence-corrected chi connectivity index (χ2v) is 9.10. The Bertz CT molecular complexity index is 1600. The highest BCUT2D eigenvalue weighted by Crippen LogP contribution is 2.26. The van der Waals surface area contributed by atoms with Crippen LogP contribution in [0.4, 0.5) is 0 Å². The Kier molecular flexibility index (Phi) is 6.10. The third-order valence-electron chi connectivity index (χ3n) is 6.43. The first-order valence-corrected chi connectivity index (χ1v) is 11.7. The van der Waals surface area contributed by atoms with Crippen molar-refractivity contribution in [3.05, 3.63) is 115 Å². The van der Waals surface area contributed by atoms with E-state index in [1.165, 1.54) is 12.1 Å². The lowest BCUT2D eigenvalue weighted by atomic mass is 10.0. The topological polar surface area (TPSA) is 78.9 Å². The van der Waals surface area contributed by atoms with Crippen molar-refractivity contribution in [2.45, 2.75) is 40.9 Å². The fourth-order valence-electron chi connectivity index (χ4n) is 4.36. The van der Waals surface area contributed by atoms with Gasteiger partial charge in [0, 0.05) is 35.0 Å². The first kappa shape index (κ1) is 23.4. The van der Waals surface area contributed by atoms with Gasteiger partial charge in [-0.1, -0.05) is 12.1 Å². The average molecular weight is 483 g/mol. The van der Waals surface area contributed by atoms with Crippen LogP contribution in [0.15, 0.2) is 79.1 Å². The average Bonchev–Trinajstić information content (AvgIpc) is 2.82. The van der Waals surface area contributed by atoms with Crippen LogP contribution < -0.4 is 20.7 Å². The smallest absolute Gasteiger partial charge is 0.336 e. The molecular formula is C30H26O6. The normalized spacial score (nSPS) is 11.2. The number of benzene rings is 3. The van der Waals surface area contributed by atoms with Gasteiger partial charge in [0.1, 0.15) is 35.9 Å². The van der Waals surface area contributed by atoms with E-state index < -0.39 is 0 Å². The van der Waals surface area contributed by atoms with Crippen LogP contribution in [-0.2, 0) is 13.2 Å². The fraction of sp³-hybridized carbons (Fsp3) is 0.200. The van der Waals surface area contributed by atoms with Gasteiger partial charge >= 0.3 is 11.3 Å². The van der Waals surface area contributed by atoms with Gasteiger partial charge in [0.15, 0.2) is 0 Å². The molecule has 6 nitrogen and oxygen atoms in total. The van der Waals surface area contributed by atoms with Crippen molar-refractivity contribution in [2.75, 3.05) is 0 Å². The van der Waals surface area contributed by atoms with Gasteiger partial charge < -0.3 is 18.3 Å². The summed E-state index contributed by atoms with van der Waals surface area (Å²) >= 11 is 0. The summed E-state index contributed by atoms with van der Waals surface area (Å²) in [5.74, 6) is 1.28. The van der Waals surface area contributed by atoms with Crippen LogP contribution in [0.2, 0.25) is 0 Å². The minimum atomic E-state index is -0.371. The third kappa shape index (κ3) is 4.75. The largest absolute Gasteiger partial charge is 0.489 e. The second kappa shape index (κ2) is 9.38. The van der Waals surface area contributed by atoms with Gasteiger partial charge in [-0.15, -0.1) is 0 Å². The summed E-state index contributed by atoms with van der Waals surface area (Å²) in [4.78, 5) is 23.4. The molecule has 0 radical (unpaired) electrons. The van der Waals surface area contributed by atoms with Crippen LogP contribution in [-0.4, -0.2) is 0 Å². The second-order valence-electron chi connectivity index (χ2n) is 9.10. The van der Waals surface area contributed by atoms with Gasteiger partial charge in [-0.05, 0) is 85.3 Å². The van der Waals surface area contributed by atoms with Crippen molar-refractivity contribution in [3.63, 3.8) is 0 Å². The summed E-state index contributed by atoms with van der Waals surface area (Å²) in [6.45, 7) is 8.62. The standard InChI is InChI=1S/C30H26O6/c1-17-9-22(16-34-24-6-8-26-20(4)12-30(32)36-28(26)14-24)18(2)10-21(17)15-33-23-5-7-25-19(3)11-29(31)35-27(25)13-23/h5-14H,15-16H2,1-4H3. The zero-order chi connectivity index (χ0) is 25.4. The van der Waals surface area contributed by atoms with Crippen molar-refractivity contribution in [3.8, 4) is 11.5 Å². The van der Waals surface area contributed by atoms with E-state index in [4.69, 9.17) is 18.3 Å². The molecule has 0 spiro atoms. The summed E-state index contributed by atoms with van der Waals surface area (Å²) in [6, 6.07) is 18.2. The Morgan fingerprint density at radius 2 is 0.972 bits per heavy atom. The molecule has 5 rings (SSSR count). The molecular weight excluding hydrogens is 456 g/mol. The van der Waals surface area contributed by atoms with E-state index in [1.54, 1.807) is 12.1 Å². The molecule has 36 heavy (non-hydrogen) atoms. The molecule has 182 valence electrons. The lowest BCUT2D eigenvalue weighted by Crippen LogP contribution is -2.04. The van der Waals surface area contributed by atoms with Gasteiger partial charge in [0.25, 0.3) is 0 Å². The number of aryl methyl sites for hydroxylation is 4. The maximum Gasteiger partial charge on any atom is 0.336 e. The van der Waals surface area contributed by atoms with Crippen molar-refractivity contribution in [1.29, 1.82) is 0 Å². The minimum absolute atomic E-state index is 0.371. The van der Waals surface area contributed by atoms with Crippen LogP contribution in [0.5, 0.6) is 11.5 Å². The lowest BCUT2D eigenvalue weighted by molar-refractivity contribution is 0.301. The first-order chi connectivity index (χ1) is 17.3. The van der Waals surface area contributed by atoms with E-state index in [0.29, 0.717) is 35.9 Å². The van der Waals surface area contributed by atoms with E-state index in [0.717, 1.165) is 44.2 Å². The van der Waals surface area contributed by atoms with Crippen LogP contribution in [0, 0.1) is 27.7 Å². The quantitative estimate of drug-likeness (QED) is 0.265. The maximum atomic E-state index is 11.7. The van der Waals surface area contributed by atoms with Crippen molar-refractivity contribution >= 4 is 21.9 Å². The Labute approximate surface area is 207 Å². The Morgan fingerprint density at radius 1 is 0.556 bits per heavy atom. The summed E-state index contributed by atoms with van der Waals surface area (Å²) < 4.78 is 22.7. The highest BCUT2D eigenvalue weighted by molar-refractivity contribution is 5.82. The molecule has 0 atom stereocenters. The van der Waals surface area contributed by atoms with E-state index >= 15 is 0 Å². The highest BCUT2D eigenvalue weighted by Gasteiger charge is 2.10. The minimum Gasteiger partial charge on any atom is -0.489 e. The van der Waals surface area contributed by atoms with Gasteiger partial charge in [-0.3, -0.25) is 0 Å². The molecule has 2 heterocycles. The number of fused-ring (bicyclic) bond motifs is 2. The Balaban J connectivity index is 1.30. The Hall–Kier alpha value is -4.32. The van der Waals surface area contributed by atoms with Gasteiger partial charge in [-0.25, -0.2) is 9.59 Å². The maximum absolute atomic E-state index is 11.7. The first-order valence-electron chi connectivity index (χ1n) is 11.7. The summed E-state index contributed by atoms with van der Waals surface area (Å²) in [5.41, 5.74) is 6.33. The monoisotopic (exact) mass is 482 g/mol. The number of ether oxygens (including phenoxy) is 2. The summed E-state index contributed by atoms with van der Waals surface area (Å²) in [6.07, 6.45) is 0. The van der Waals surface area contributed by atoms with E-state index in [-0.39, 0.29) is 11.3 Å². The molecule has 2 aromatic heterocycles. The SMILES string of the molecule is Cc1cc(COc2ccc3c(C)cc(=O)oc3c2)c(C)cc1COc1ccc2c(C)cc(=O)oc2c1. The molecule has 0 bridgehead atoms. The van der Waals surface area contributed by atoms with E-state index in [1.807, 2.05) is 52.0 Å². The van der Waals surface area contributed by atoms with E-state index in [2.05, 4.69) is 12.1 Å². The van der Waals surface area contributed by atoms with Gasteiger partial charge in [-0.2, -0.15) is 0 Å². The highest BCUT2D eigenvalue weighted by atomic mass is 16.5. The van der Waals surface area contributed by atoms with Crippen molar-refractivity contribution in [1.82, 2.24) is 0 Å². The zero-order valence-corrected chi connectivity index (χ0v) is 20.6. The molecule has 0 aliphatic heterocycles. The molecule has 3 aromatic carbocycles. The van der Waals surface area contributed by atoms with E-state index in [9.17, 15) is 9.59 Å². The van der Waals surface area contributed by atoms with Gasteiger partial charge in [0.05, 0.1) is 0 Å². The third-order valence-corrected chi connectivity index (χ3v) is 6.43. The Morgan fingerprint density at radius 3 is 1.39 bits per heavy atom. The molecule has 0 saturated heterocycles. The zero-order valence-electron chi connectivity index (χ0n) is 20.6. The molecule has 0 fully saturated rings. The summed E-state index contributed by atoms with van der Waals surface area (Å²) in [5, 5.41) is 1.78. The van der Waals surface area contributed by atoms with Crippen molar-refractivity contribution in [2.24, 2.45) is 0 Å². The predicted molar refractivity (Wildman–Crippen MR) is 139 cm³/mol. The lowest BCUT2D eigenvalue weighted by Gasteiger charge is -2.14. The molecule has 0 saturated carbocycles. The van der Waals surface area contributed by atoms with Crippen LogP contribution >= 0.6 is 0 Å². The van der Waals surface area contributed by atoms with Gasteiger partial charge in [0.2, 0.25) is 0 Å². The molecule has 6 heteroatoms. The number of rotatable bonds is 6. The van der Waals surface area contributed by atoms with Crippen LogP contribution in [0.3, 0.4) is 0 Å². The molecule has 0 aliphatic rings. The molecule has 0 unspecified atom stereocenters. The molecule has 0 N–H and O–H groups in total. The fourth-order valence-corrected chi connectivity index (χ4v) is 4.36.